The van der Waals surface area contributed by atoms with Gasteiger partial charge in [0.2, 0.25) is 5.91 Å². The quantitative estimate of drug-likeness (QED) is 0.378. The zero-order chi connectivity index (χ0) is 24.5. The van der Waals surface area contributed by atoms with Crippen LogP contribution in [-0.4, -0.2) is 35.4 Å². The molecule has 5 nitrogen and oxygen atoms in total. The van der Waals surface area contributed by atoms with Crippen LogP contribution in [0.5, 0.6) is 5.75 Å². The maximum absolute atomic E-state index is 13.4. The molecule has 184 valence electrons. The molecular formula is C27H34BrClN2O3. The maximum Gasteiger partial charge on any atom is 0.261 e. The van der Waals surface area contributed by atoms with Gasteiger partial charge in [0.15, 0.2) is 6.61 Å². The van der Waals surface area contributed by atoms with Crippen molar-refractivity contribution in [2.24, 2.45) is 0 Å². The zero-order valence-electron chi connectivity index (χ0n) is 20.0. The van der Waals surface area contributed by atoms with Crippen LogP contribution in [0.15, 0.2) is 46.9 Å². The fourth-order valence-electron chi connectivity index (χ4n) is 4.35. The van der Waals surface area contributed by atoms with Crippen LogP contribution >= 0.6 is 27.5 Å². The highest BCUT2D eigenvalue weighted by molar-refractivity contribution is 9.10. The molecule has 0 heterocycles. The molecule has 1 N–H and O–H groups in total. The standard InChI is InChI=1S/C27H34BrClN2O3/c1-3-19-12-15-25(23(28)16-19)34-18-26(32)31(17-20-10-13-21(29)14-11-20)24(4-2)27(33)30-22-8-6-5-7-9-22/h10-16,22,24H,3-9,17-18H2,1-2H3,(H,30,33)/t24-/m0/s1. The van der Waals surface area contributed by atoms with Gasteiger partial charge in [-0.2, -0.15) is 0 Å². The molecule has 0 saturated heterocycles. The van der Waals surface area contributed by atoms with Crippen molar-refractivity contribution in [3.05, 3.63) is 63.1 Å². The van der Waals surface area contributed by atoms with Gasteiger partial charge in [-0.15, -0.1) is 0 Å². The maximum atomic E-state index is 13.4. The van der Waals surface area contributed by atoms with E-state index in [-0.39, 0.29) is 24.5 Å². The van der Waals surface area contributed by atoms with E-state index in [1.165, 1.54) is 12.0 Å². The van der Waals surface area contributed by atoms with Gasteiger partial charge in [-0.05, 0) is 77.0 Å². The van der Waals surface area contributed by atoms with Crippen LogP contribution in [0.2, 0.25) is 5.02 Å². The molecule has 2 aromatic rings. The lowest BCUT2D eigenvalue weighted by molar-refractivity contribution is -0.143. The molecule has 1 aliphatic rings. The van der Waals surface area contributed by atoms with E-state index in [2.05, 4.69) is 28.2 Å². The van der Waals surface area contributed by atoms with E-state index in [1.807, 2.05) is 37.3 Å². The molecule has 2 amide bonds. The van der Waals surface area contributed by atoms with E-state index in [0.717, 1.165) is 42.1 Å². The van der Waals surface area contributed by atoms with E-state index in [1.54, 1.807) is 17.0 Å². The lowest BCUT2D eigenvalue weighted by atomic mass is 9.95. The third kappa shape index (κ3) is 7.47. The second-order valence-corrected chi connectivity index (χ2v) is 10.1. The summed E-state index contributed by atoms with van der Waals surface area (Å²) in [7, 11) is 0. The number of hydrogen-bond donors (Lipinski definition) is 1. The van der Waals surface area contributed by atoms with Crippen molar-refractivity contribution in [2.45, 2.75) is 77.4 Å². The summed E-state index contributed by atoms with van der Waals surface area (Å²) in [5.74, 6) is 0.286. The summed E-state index contributed by atoms with van der Waals surface area (Å²) >= 11 is 9.57. The summed E-state index contributed by atoms with van der Waals surface area (Å²) in [6.07, 6.45) is 6.92. The molecule has 0 aromatic heterocycles. The summed E-state index contributed by atoms with van der Waals surface area (Å²) in [5, 5.41) is 3.83. The summed E-state index contributed by atoms with van der Waals surface area (Å²) < 4.78 is 6.68. The molecule has 0 unspecified atom stereocenters. The van der Waals surface area contributed by atoms with Gasteiger partial charge in [-0.3, -0.25) is 9.59 Å². The molecule has 1 aliphatic carbocycles. The molecule has 0 spiro atoms. The van der Waals surface area contributed by atoms with Gasteiger partial charge < -0.3 is 15.0 Å². The van der Waals surface area contributed by atoms with Crippen LogP contribution in [0.3, 0.4) is 0 Å². The SMILES string of the molecule is CCc1ccc(OCC(=O)N(Cc2ccc(Cl)cc2)[C@@H](CC)C(=O)NC2CCCCC2)c(Br)c1. The number of carbonyl (C=O) groups excluding carboxylic acids is 2. The van der Waals surface area contributed by atoms with Crippen LogP contribution in [0.1, 0.15) is 63.5 Å². The molecular weight excluding hydrogens is 516 g/mol. The van der Waals surface area contributed by atoms with Gasteiger partial charge in [0.25, 0.3) is 5.91 Å². The van der Waals surface area contributed by atoms with Gasteiger partial charge in [0.1, 0.15) is 11.8 Å². The minimum absolute atomic E-state index is 0.0924. The van der Waals surface area contributed by atoms with E-state index in [4.69, 9.17) is 16.3 Å². The molecule has 1 fully saturated rings. The number of rotatable bonds is 10. The first-order valence-electron chi connectivity index (χ1n) is 12.2. The molecule has 0 aliphatic heterocycles. The van der Waals surface area contributed by atoms with Crippen molar-refractivity contribution in [3.63, 3.8) is 0 Å². The topological polar surface area (TPSA) is 58.6 Å². The normalized spacial score (nSPS) is 14.9. The third-order valence-electron chi connectivity index (χ3n) is 6.36. The Labute approximate surface area is 216 Å². The van der Waals surface area contributed by atoms with Gasteiger partial charge in [0.05, 0.1) is 4.47 Å². The first-order valence-corrected chi connectivity index (χ1v) is 13.3. The van der Waals surface area contributed by atoms with E-state index in [9.17, 15) is 9.59 Å². The van der Waals surface area contributed by atoms with Crippen molar-refractivity contribution < 1.29 is 14.3 Å². The predicted molar refractivity (Wildman–Crippen MR) is 140 cm³/mol. The molecule has 7 heteroatoms. The second kappa shape index (κ2) is 13.1. The Morgan fingerprint density at radius 3 is 2.38 bits per heavy atom. The first kappa shape index (κ1) is 26.6. The summed E-state index contributed by atoms with van der Waals surface area (Å²) in [4.78, 5) is 28.3. The van der Waals surface area contributed by atoms with Crippen LogP contribution < -0.4 is 10.1 Å². The van der Waals surface area contributed by atoms with Crippen LogP contribution in [0.4, 0.5) is 0 Å². The third-order valence-corrected chi connectivity index (χ3v) is 7.23. The fourth-order valence-corrected chi connectivity index (χ4v) is 5.02. The Kier molecular flexibility index (Phi) is 10.3. The number of aryl methyl sites for hydroxylation is 1. The molecule has 34 heavy (non-hydrogen) atoms. The van der Waals surface area contributed by atoms with E-state index >= 15 is 0 Å². The monoisotopic (exact) mass is 548 g/mol. The Morgan fingerprint density at radius 2 is 1.76 bits per heavy atom. The average molecular weight is 550 g/mol. The number of amides is 2. The number of hydrogen-bond acceptors (Lipinski definition) is 3. The van der Waals surface area contributed by atoms with Crippen LogP contribution in [-0.2, 0) is 22.6 Å². The lowest BCUT2D eigenvalue weighted by Crippen LogP contribution is -2.52. The first-order chi connectivity index (χ1) is 16.4. The predicted octanol–water partition coefficient (Wildman–Crippen LogP) is 6.30. The Hall–Kier alpha value is -2.05. The van der Waals surface area contributed by atoms with Gasteiger partial charge in [-0.25, -0.2) is 0 Å². The number of nitrogens with zero attached hydrogens (tertiary/aromatic N) is 1. The largest absolute Gasteiger partial charge is 0.483 e. The Morgan fingerprint density at radius 1 is 1.09 bits per heavy atom. The summed E-state index contributed by atoms with van der Waals surface area (Å²) in [6.45, 7) is 4.19. The molecule has 2 aromatic carbocycles. The Bertz CT molecular complexity index is 961. The minimum atomic E-state index is -0.570. The highest BCUT2D eigenvalue weighted by Crippen LogP contribution is 2.26. The fraction of sp³-hybridized carbons (Fsp3) is 0.481. The molecule has 1 atom stereocenters. The molecule has 3 rings (SSSR count). The van der Waals surface area contributed by atoms with E-state index in [0.29, 0.717) is 23.7 Å². The highest BCUT2D eigenvalue weighted by atomic mass is 79.9. The number of halogens is 2. The molecule has 1 saturated carbocycles. The number of carbonyl (C=O) groups is 2. The molecule has 0 bridgehead atoms. The second-order valence-electron chi connectivity index (χ2n) is 8.82. The highest BCUT2D eigenvalue weighted by Gasteiger charge is 2.30. The van der Waals surface area contributed by atoms with Gasteiger partial charge >= 0.3 is 0 Å². The smallest absolute Gasteiger partial charge is 0.261 e. The van der Waals surface area contributed by atoms with Crippen molar-refractivity contribution in [1.82, 2.24) is 10.2 Å². The Balaban J connectivity index is 1.75. The van der Waals surface area contributed by atoms with E-state index < -0.39 is 6.04 Å². The zero-order valence-corrected chi connectivity index (χ0v) is 22.3. The van der Waals surface area contributed by atoms with Crippen LogP contribution in [0.25, 0.3) is 0 Å². The minimum Gasteiger partial charge on any atom is -0.483 e. The van der Waals surface area contributed by atoms with Crippen molar-refractivity contribution in [3.8, 4) is 5.75 Å². The van der Waals surface area contributed by atoms with Crippen molar-refractivity contribution in [2.75, 3.05) is 6.61 Å². The van der Waals surface area contributed by atoms with Crippen molar-refractivity contribution >= 4 is 39.3 Å². The van der Waals surface area contributed by atoms with Crippen LogP contribution in [0, 0.1) is 0 Å². The average Bonchev–Trinajstić information content (AvgIpc) is 2.84. The number of ether oxygens (including phenoxy) is 1. The van der Waals surface area contributed by atoms with Gasteiger partial charge in [0, 0.05) is 17.6 Å². The lowest BCUT2D eigenvalue weighted by Gasteiger charge is -2.32. The number of benzene rings is 2. The molecule has 0 radical (unpaired) electrons. The summed E-state index contributed by atoms with van der Waals surface area (Å²) in [5.41, 5.74) is 2.09. The van der Waals surface area contributed by atoms with Gasteiger partial charge in [-0.1, -0.05) is 62.9 Å². The summed E-state index contributed by atoms with van der Waals surface area (Å²) in [6, 6.07) is 12.8. The van der Waals surface area contributed by atoms with Crippen molar-refractivity contribution in [1.29, 1.82) is 0 Å². The number of nitrogens with one attached hydrogen (secondary N) is 1.